The molecule has 6 heteroatoms. The highest BCUT2D eigenvalue weighted by atomic mass is 19.4. The van der Waals surface area contributed by atoms with E-state index >= 15 is 0 Å². The predicted octanol–water partition coefficient (Wildman–Crippen LogP) is 2.56. The molecule has 2 aliphatic rings. The lowest BCUT2D eigenvalue weighted by Gasteiger charge is -2.30. The van der Waals surface area contributed by atoms with Crippen molar-refractivity contribution in [1.29, 1.82) is 0 Å². The Morgan fingerprint density at radius 3 is 2.40 bits per heavy atom. The first-order valence-electron chi connectivity index (χ1n) is 7.22. The molecule has 0 aromatic heterocycles. The molecule has 2 fully saturated rings. The van der Waals surface area contributed by atoms with E-state index in [1.165, 1.54) is 4.90 Å². The molecule has 3 nitrogen and oxygen atoms in total. The molecule has 2 atom stereocenters. The van der Waals surface area contributed by atoms with Crippen LogP contribution >= 0.6 is 0 Å². The van der Waals surface area contributed by atoms with Crippen LogP contribution in [0.5, 0.6) is 0 Å². The van der Waals surface area contributed by atoms with E-state index in [-0.39, 0.29) is 23.3 Å². The minimum absolute atomic E-state index is 0.124. The van der Waals surface area contributed by atoms with Crippen LogP contribution in [0.1, 0.15) is 40.5 Å². The number of hydrogen-bond donors (Lipinski definition) is 1. The van der Waals surface area contributed by atoms with Crippen LogP contribution in [0.4, 0.5) is 13.2 Å². The summed E-state index contributed by atoms with van der Waals surface area (Å²) in [5.74, 6) is 0. The van der Waals surface area contributed by atoms with Crippen molar-refractivity contribution in [3.63, 3.8) is 0 Å². The molecular weight excluding hydrogens is 269 g/mol. The van der Waals surface area contributed by atoms with Gasteiger partial charge in [0, 0.05) is 25.2 Å². The lowest BCUT2D eigenvalue weighted by molar-refractivity contribution is -0.143. The van der Waals surface area contributed by atoms with E-state index < -0.39 is 12.7 Å². The molecule has 118 valence electrons. The summed E-state index contributed by atoms with van der Waals surface area (Å²) in [5, 5.41) is 3.51. The Bertz CT molecular complexity index is 355. The van der Waals surface area contributed by atoms with Crippen molar-refractivity contribution in [2.24, 2.45) is 0 Å². The molecule has 0 amide bonds. The van der Waals surface area contributed by atoms with Gasteiger partial charge in [-0.25, -0.2) is 0 Å². The lowest BCUT2D eigenvalue weighted by atomic mass is 9.93. The van der Waals surface area contributed by atoms with Crippen LogP contribution in [0.3, 0.4) is 0 Å². The third-order valence-electron chi connectivity index (χ3n) is 4.19. The summed E-state index contributed by atoms with van der Waals surface area (Å²) in [5.41, 5.74) is -0.452. The number of nitrogens with one attached hydrogen (secondary N) is 1. The number of hydrogen-bond acceptors (Lipinski definition) is 3. The SMILES string of the molecule is CC1(C)CC(NC2CCN(CC(F)(F)F)C2)C(C)(C)O1. The van der Waals surface area contributed by atoms with Gasteiger partial charge in [-0.1, -0.05) is 0 Å². The van der Waals surface area contributed by atoms with E-state index in [0.29, 0.717) is 13.1 Å². The molecule has 20 heavy (non-hydrogen) atoms. The maximum absolute atomic E-state index is 12.4. The molecule has 0 radical (unpaired) electrons. The van der Waals surface area contributed by atoms with Crippen molar-refractivity contribution < 1.29 is 17.9 Å². The van der Waals surface area contributed by atoms with Crippen LogP contribution in [-0.2, 0) is 4.74 Å². The summed E-state index contributed by atoms with van der Waals surface area (Å²) >= 11 is 0. The zero-order valence-corrected chi connectivity index (χ0v) is 12.7. The largest absolute Gasteiger partial charge is 0.401 e. The molecule has 2 heterocycles. The molecule has 2 unspecified atom stereocenters. The van der Waals surface area contributed by atoms with Crippen LogP contribution in [0, 0.1) is 0 Å². The molecule has 2 saturated heterocycles. The molecule has 2 aliphatic heterocycles. The van der Waals surface area contributed by atoms with Crippen molar-refractivity contribution in [3.05, 3.63) is 0 Å². The van der Waals surface area contributed by atoms with Crippen molar-refractivity contribution in [1.82, 2.24) is 10.2 Å². The maximum Gasteiger partial charge on any atom is 0.401 e. The fraction of sp³-hybridized carbons (Fsp3) is 1.00. The summed E-state index contributed by atoms with van der Waals surface area (Å²) < 4.78 is 43.2. The first-order chi connectivity index (χ1) is 8.97. The van der Waals surface area contributed by atoms with Gasteiger partial charge in [0.25, 0.3) is 0 Å². The van der Waals surface area contributed by atoms with E-state index in [2.05, 4.69) is 19.2 Å². The van der Waals surface area contributed by atoms with E-state index in [9.17, 15) is 13.2 Å². The summed E-state index contributed by atoms with van der Waals surface area (Å²) in [6.07, 6.45) is -2.45. The van der Waals surface area contributed by atoms with Crippen LogP contribution in [0.25, 0.3) is 0 Å². The van der Waals surface area contributed by atoms with Crippen LogP contribution < -0.4 is 5.32 Å². The molecule has 0 saturated carbocycles. The highest BCUT2D eigenvalue weighted by Crippen LogP contribution is 2.37. The molecule has 0 aromatic rings. The van der Waals surface area contributed by atoms with Gasteiger partial charge in [-0.2, -0.15) is 13.2 Å². The van der Waals surface area contributed by atoms with E-state index in [1.54, 1.807) is 0 Å². The van der Waals surface area contributed by atoms with Crippen molar-refractivity contribution in [2.45, 2.75) is 70.0 Å². The van der Waals surface area contributed by atoms with Gasteiger partial charge >= 0.3 is 6.18 Å². The normalized spacial score (nSPS) is 33.8. The van der Waals surface area contributed by atoms with Crippen LogP contribution in [-0.4, -0.2) is 54.0 Å². The lowest BCUT2D eigenvalue weighted by Crippen LogP contribution is -2.49. The molecule has 2 rings (SSSR count). The molecule has 1 N–H and O–H groups in total. The Morgan fingerprint density at radius 2 is 1.90 bits per heavy atom. The quantitative estimate of drug-likeness (QED) is 0.866. The Morgan fingerprint density at radius 1 is 1.25 bits per heavy atom. The minimum atomic E-state index is -4.10. The number of alkyl halides is 3. The molecule has 0 bridgehead atoms. The Balaban J connectivity index is 1.86. The van der Waals surface area contributed by atoms with Crippen molar-refractivity contribution in [2.75, 3.05) is 19.6 Å². The summed E-state index contributed by atoms with van der Waals surface area (Å²) in [6, 6.07) is 0.312. The number of halogens is 3. The average molecular weight is 294 g/mol. The highest BCUT2D eigenvalue weighted by molar-refractivity contribution is 5.01. The third kappa shape index (κ3) is 4.09. The van der Waals surface area contributed by atoms with Gasteiger partial charge in [0.2, 0.25) is 0 Å². The topological polar surface area (TPSA) is 24.5 Å². The Kier molecular flexibility index (Phi) is 4.13. The Labute approximate surface area is 118 Å². The molecular formula is C14H25F3N2O. The Hall–Kier alpha value is -0.330. The maximum atomic E-state index is 12.4. The number of nitrogens with zero attached hydrogens (tertiary/aromatic N) is 1. The van der Waals surface area contributed by atoms with E-state index in [0.717, 1.165) is 12.8 Å². The highest BCUT2D eigenvalue weighted by Gasteiger charge is 2.47. The zero-order valence-electron chi connectivity index (χ0n) is 12.7. The number of ether oxygens (including phenoxy) is 1. The van der Waals surface area contributed by atoms with Gasteiger partial charge < -0.3 is 10.1 Å². The second-order valence-corrected chi connectivity index (χ2v) is 7.22. The van der Waals surface area contributed by atoms with Gasteiger partial charge in [-0.05, 0) is 40.5 Å². The molecule has 0 spiro atoms. The van der Waals surface area contributed by atoms with E-state index in [1.807, 2.05) is 13.8 Å². The number of likely N-dealkylation sites (tertiary alicyclic amines) is 1. The second-order valence-electron chi connectivity index (χ2n) is 7.22. The van der Waals surface area contributed by atoms with Crippen molar-refractivity contribution >= 4 is 0 Å². The fourth-order valence-corrected chi connectivity index (χ4v) is 3.47. The smallest absolute Gasteiger partial charge is 0.368 e. The average Bonchev–Trinajstić information content (AvgIpc) is 2.66. The summed E-state index contributed by atoms with van der Waals surface area (Å²) in [7, 11) is 0. The van der Waals surface area contributed by atoms with Gasteiger partial charge in [0.05, 0.1) is 17.7 Å². The van der Waals surface area contributed by atoms with E-state index in [4.69, 9.17) is 4.74 Å². The van der Waals surface area contributed by atoms with Gasteiger partial charge in [0.1, 0.15) is 0 Å². The molecule has 0 aliphatic carbocycles. The summed E-state index contributed by atoms with van der Waals surface area (Å²) in [6.45, 7) is 8.37. The monoisotopic (exact) mass is 294 g/mol. The van der Waals surface area contributed by atoms with Crippen LogP contribution in [0.15, 0.2) is 0 Å². The predicted molar refractivity (Wildman–Crippen MR) is 71.7 cm³/mol. The fourth-order valence-electron chi connectivity index (χ4n) is 3.47. The first kappa shape index (κ1) is 16.0. The summed E-state index contributed by atoms with van der Waals surface area (Å²) in [4.78, 5) is 1.48. The number of rotatable bonds is 3. The van der Waals surface area contributed by atoms with Gasteiger partial charge in [-0.3, -0.25) is 4.90 Å². The van der Waals surface area contributed by atoms with Gasteiger partial charge in [-0.15, -0.1) is 0 Å². The van der Waals surface area contributed by atoms with Crippen LogP contribution in [0.2, 0.25) is 0 Å². The first-order valence-corrected chi connectivity index (χ1v) is 7.22. The van der Waals surface area contributed by atoms with Gasteiger partial charge in [0.15, 0.2) is 0 Å². The zero-order chi connectivity index (χ0) is 15.2. The van der Waals surface area contributed by atoms with Crippen molar-refractivity contribution in [3.8, 4) is 0 Å². The standard InChI is InChI=1S/C14H25F3N2O/c1-12(2)7-11(13(3,4)20-12)18-10-5-6-19(8-10)9-14(15,16)17/h10-11,18H,5-9H2,1-4H3. The molecule has 0 aromatic carbocycles. The third-order valence-corrected chi connectivity index (χ3v) is 4.19. The minimum Gasteiger partial charge on any atom is -0.368 e. The second kappa shape index (κ2) is 5.14.